The van der Waals surface area contributed by atoms with Gasteiger partial charge in [0.05, 0.1) is 19.2 Å². The number of benzene rings is 2. The molecule has 0 fully saturated rings. The Morgan fingerprint density at radius 2 is 1.76 bits per heavy atom. The summed E-state index contributed by atoms with van der Waals surface area (Å²) in [6, 6.07) is 9.15. The molecule has 29 heavy (non-hydrogen) atoms. The minimum absolute atomic E-state index is 0.0952. The third-order valence-electron chi connectivity index (χ3n) is 3.84. The van der Waals surface area contributed by atoms with Gasteiger partial charge in [-0.3, -0.25) is 4.79 Å². The Morgan fingerprint density at radius 3 is 2.34 bits per heavy atom. The van der Waals surface area contributed by atoms with Gasteiger partial charge in [-0.05, 0) is 56.7 Å². The van der Waals surface area contributed by atoms with E-state index in [2.05, 4.69) is 26.6 Å². The highest BCUT2D eigenvalue weighted by molar-refractivity contribution is 9.10. The predicted molar refractivity (Wildman–Crippen MR) is 119 cm³/mol. The summed E-state index contributed by atoms with van der Waals surface area (Å²) in [5, 5.41) is 6.70. The van der Waals surface area contributed by atoms with Crippen molar-refractivity contribution in [3.8, 4) is 17.2 Å². The molecule has 2 aromatic carbocycles. The molecule has 158 valence electrons. The minimum atomic E-state index is -0.314. The van der Waals surface area contributed by atoms with Crippen molar-refractivity contribution in [3.63, 3.8) is 0 Å². The van der Waals surface area contributed by atoms with E-state index in [9.17, 15) is 4.79 Å². The highest BCUT2D eigenvalue weighted by Crippen LogP contribution is 2.34. The number of carbonyl (C=O) groups excluding carboxylic acids is 1. The molecule has 2 aromatic rings. The lowest BCUT2D eigenvalue weighted by Crippen LogP contribution is -2.43. The Hall–Kier alpha value is -2.12. The lowest BCUT2D eigenvalue weighted by atomic mass is 10.1. The molecule has 0 aliphatic carbocycles. The van der Waals surface area contributed by atoms with Crippen LogP contribution in [0.3, 0.4) is 0 Å². The number of halogens is 2. The highest BCUT2D eigenvalue weighted by atomic mass is 79.9. The Labute approximate surface area is 185 Å². The monoisotopic (exact) mass is 484 g/mol. The minimum Gasteiger partial charge on any atom is -0.495 e. The quantitative estimate of drug-likeness (QED) is 0.549. The number of ether oxygens (including phenoxy) is 3. The summed E-state index contributed by atoms with van der Waals surface area (Å²) in [5.41, 5.74) is 1.51. The molecule has 1 amide bonds. The summed E-state index contributed by atoms with van der Waals surface area (Å²) in [7, 11) is 3.14. The SMILES string of the molecule is COc1ccc(NCc2cc(OC)c(OCC(=O)NC(C)(C)C)cc2Br)cc1Cl. The summed E-state index contributed by atoms with van der Waals surface area (Å²) < 4.78 is 17.1. The summed E-state index contributed by atoms with van der Waals surface area (Å²) in [6.45, 7) is 6.19. The molecule has 0 radical (unpaired) electrons. The van der Waals surface area contributed by atoms with Crippen molar-refractivity contribution in [2.45, 2.75) is 32.9 Å². The van der Waals surface area contributed by atoms with Crippen LogP contribution in [0.4, 0.5) is 5.69 Å². The van der Waals surface area contributed by atoms with Crippen molar-refractivity contribution in [1.82, 2.24) is 5.32 Å². The third-order valence-corrected chi connectivity index (χ3v) is 4.87. The van der Waals surface area contributed by atoms with E-state index in [-0.39, 0.29) is 18.1 Å². The maximum atomic E-state index is 12.0. The lowest BCUT2D eigenvalue weighted by Gasteiger charge is -2.21. The summed E-state index contributed by atoms with van der Waals surface area (Å²) in [4.78, 5) is 12.0. The largest absolute Gasteiger partial charge is 0.495 e. The number of hydrogen-bond acceptors (Lipinski definition) is 5. The van der Waals surface area contributed by atoms with Gasteiger partial charge in [-0.1, -0.05) is 27.5 Å². The van der Waals surface area contributed by atoms with Crippen LogP contribution in [0.25, 0.3) is 0 Å². The van der Waals surface area contributed by atoms with Crippen LogP contribution in [0.15, 0.2) is 34.8 Å². The van der Waals surface area contributed by atoms with Crippen LogP contribution in [0.5, 0.6) is 17.2 Å². The number of hydrogen-bond donors (Lipinski definition) is 2. The number of amides is 1. The highest BCUT2D eigenvalue weighted by Gasteiger charge is 2.16. The molecule has 0 bridgehead atoms. The second-order valence-electron chi connectivity index (χ2n) is 7.38. The molecule has 0 atom stereocenters. The smallest absolute Gasteiger partial charge is 0.258 e. The van der Waals surface area contributed by atoms with Crippen LogP contribution < -0.4 is 24.8 Å². The van der Waals surface area contributed by atoms with Crippen LogP contribution >= 0.6 is 27.5 Å². The zero-order chi connectivity index (χ0) is 21.6. The van der Waals surface area contributed by atoms with Gasteiger partial charge in [0.25, 0.3) is 5.91 Å². The molecule has 0 aliphatic rings. The van der Waals surface area contributed by atoms with Gasteiger partial charge in [-0.2, -0.15) is 0 Å². The average Bonchev–Trinajstić information content (AvgIpc) is 2.64. The first-order valence-corrected chi connectivity index (χ1v) is 10.2. The van der Waals surface area contributed by atoms with Crippen LogP contribution in [0.1, 0.15) is 26.3 Å². The van der Waals surface area contributed by atoms with E-state index in [4.69, 9.17) is 25.8 Å². The second-order valence-corrected chi connectivity index (χ2v) is 8.65. The molecule has 2 rings (SSSR count). The van der Waals surface area contributed by atoms with E-state index >= 15 is 0 Å². The van der Waals surface area contributed by atoms with E-state index in [0.29, 0.717) is 28.8 Å². The molecule has 0 saturated heterocycles. The van der Waals surface area contributed by atoms with E-state index in [0.717, 1.165) is 15.7 Å². The number of anilines is 1. The fourth-order valence-corrected chi connectivity index (χ4v) is 3.28. The number of carbonyl (C=O) groups is 1. The Kier molecular flexibility index (Phi) is 8.05. The fourth-order valence-electron chi connectivity index (χ4n) is 2.56. The molecule has 0 unspecified atom stereocenters. The fraction of sp³-hybridized carbons (Fsp3) is 0.381. The summed E-state index contributed by atoms with van der Waals surface area (Å²) in [5.74, 6) is 1.45. The number of methoxy groups -OCH3 is 2. The number of nitrogens with one attached hydrogen (secondary N) is 2. The predicted octanol–water partition coefficient (Wildman–Crippen LogP) is 5.03. The molecule has 0 aliphatic heterocycles. The van der Waals surface area contributed by atoms with Crippen molar-refractivity contribution in [2.24, 2.45) is 0 Å². The Bertz CT molecular complexity index is 868. The zero-order valence-corrected chi connectivity index (χ0v) is 19.5. The van der Waals surface area contributed by atoms with Crippen molar-refractivity contribution >= 4 is 39.1 Å². The molecule has 0 saturated carbocycles. The molecular formula is C21H26BrClN2O4. The second kappa shape index (κ2) is 10.1. The Balaban J connectivity index is 2.07. The molecule has 8 heteroatoms. The molecule has 0 spiro atoms. The van der Waals surface area contributed by atoms with Gasteiger partial charge < -0.3 is 24.8 Å². The zero-order valence-electron chi connectivity index (χ0n) is 17.2. The maximum absolute atomic E-state index is 12.0. The maximum Gasteiger partial charge on any atom is 0.258 e. The van der Waals surface area contributed by atoms with Crippen LogP contribution in [0.2, 0.25) is 5.02 Å². The summed E-state index contributed by atoms with van der Waals surface area (Å²) >= 11 is 9.72. The van der Waals surface area contributed by atoms with Gasteiger partial charge in [-0.25, -0.2) is 0 Å². The van der Waals surface area contributed by atoms with Crippen molar-refractivity contribution in [3.05, 3.63) is 45.4 Å². The van der Waals surface area contributed by atoms with E-state index in [1.54, 1.807) is 32.4 Å². The standard InChI is InChI=1S/C21H26BrClN2O4/c1-21(2,3)25-20(26)12-29-19-10-15(22)13(8-18(19)28-5)11-24-14-6-7-17(27-4)16(23)9-14/h6-10,24H,11-12H2,1-5H3,(H,25,26). The first-order chi connectivity index (χ1) is 13.6. The van der Waals surface area contributed by atoms with Crippen molar-refractivity contribution < 1.29 is 19.0 Å². The van der Waals surface area contributed by atoms with Crippen molar-refractivity contribution in [2.75, 3.05) is 26.1 Å². The van der Waals surface area contributed by atoms with Gasteiger partial charge in [0.15, 0.2) is 18.1 Å². The van der Waals surface area contributed by atoms with Crippen LogP contribution in [0, 0.1) is 0 Å². The van der Waals surface area contributed by atoms with E-state index in [1.165, 1.54) is 0 Å². The molecule has 0 heterocycles. The number of rotatable bonds is 8. The van der Waals surface area contributed by atoms with Crippen molar-refractivity contribution in [1.29, 1.82) is 0 Å². The van der Waals surface area contributed by atoms with E-state index in [1.807, 2.05) is 32.9 Å². The summed E-state index contributed by atoms with van der Waals surface area (Å²) in [6.07, 6.45) is 0. The molecule has 6 nitrogen and oxygen atoms in total. The van der Waals surface area contributed by atoms with Gasteiger partial charge >= 0.3 is 0 Å². The first-order valence-electron chi connectivity index (χ1n) is 9.00. The lowest BCUT2D eigenvalue weighted by molar-refractivity contribution is -0.124. The van der Waals surface area contributed by atoms with Crippen LogP contribution in [-0.4, -0.2) is 32.3 Å². The first kappa shape index (κ1) is 23.2. The van der Waals surface area contributed by atoms with Gasteiger partial charge in [0.2, 0.25) is 0 Å². The molecule has 2 N–H and O–H groups in total. The average molecular weight is 486 g/mol. The molecular weight excluding hydrogens is 460 g/mol. The van der Waals surface area contributed by atoms with Gasteiger partial charge in [0, 0.05) is 22.2 Å². The topological polar surface area (TPSA) is 68.8 Å². The third kappa shape index (κ3) is 7.01. The van der Waals surface area contributed by atoms with Gasteiger partial charge in [-0.15, -0.1) is 0 Å². The molecule has 0 aromatic heterocycles. The Morgan fingerprint density at radius 1 is 1.07 bits per heavy atom. The normalized spacial score (nSPS) is 11.0. The van der Waals surface area contributed by atoms with E-state index < -0.39 is 0 Å². The van der Waals surface area contributed by atoms with Crippen LogP contribution in [-0.2, 0) is 11.3 Å². The van der Waals surface area contributed by atoms with Gasteiger partial charge in [0.1, 0.15) is 5.75 Å².